The van der Waals surface area contributed by atoms with Gasteiger partial charge in [0, 0.05) is 22.9 Å². The van der Waals surface area contributed by atoms with Gasteiger partial charge in [0.05, 0.1) is 22.4 Å². The third-order valence-electron chi connectivity index (χ3n) is 4.45. The number of rotatable bonds is 4. The van der Waals surface area contributed by atoms with E-state index in [4.69, 9.17) is 11.6 Å². The van der Waals surface area contributed by atoms with Crippen LogP contribution in [0.2, 0.25) is 5.02 Å². The maximum atomic E-state index is 13.6. The molecule has 27 heavy (non-hydrogen) atoms. The molecule has 1 aromatic heterocycles. The zero-order valence-electron chi connectivity index (χ0n) is 14.8. The molecule has 0 bridgehead atoms. The molecule has 0 amide bonds. The van der Waals surface area contributed by atoms with Crippen LogP contribution >= 0.6 is 23.5 Å². The summed E-state index contributed by atoms with van der Waals surface area (Å²) in [5.74, 6) is -0.216. The highest BCUT2D eigenvalue weighted by molar-refractivity contribution is 7.99. The third kappa shape index (κ3) is 3.40. The van der Waals surface area contributed by atoms with Gasteiger partial charge in [-0.2, -0.15) is 5.10 Å². The van der Waals surface area contributed by atoms with E-state index in [9.17, 15) is 4.39 Å². The summed E-state index contributed by atoms with van der Waals surface area (Å²) in [7, 11) is 0. The predicted molar refractivity (Wildman–Crippen MR) is 113 cm³/mol. The first-order valence-electron chi connectivity index (χ1n) is 8.40. The lowest BCUT2D eigenvalue weighted by Crippen LogP contribution is -1.97. The highest BCUT2D eigenvalue weighted by Crippen LogP contribution is 2.33. The molecule has 0 radical (unpaired) electrons. The Hall–Kier alpha value is -2.50. The Morgan fingerprint density at radius 2 is 1.93 bits per heavy atom. The van der Waals surface area contributed by atoms with Crippen LogP contribution in [0.15, 0.2) is 60.8 Å². The van der Waals surface area contributed by atoms with Crippen LogP contribution in [0.1, 0.15) is 5.56 Å². The first-order valence-corrected chi connectivity index (χ1v) is 10.0. The van der Waals surface area contributed by atoms with Gasteiger partial charge in [0.15, 0.2) is 0 Å². The third-order valence-corrected chi connectivity index (χ3v) is 5.21. The summed E-state index contributed by atoms with van der Waals surface area (Å²) in [5.41, 5.74) is 5.35. The minimum absolute atomic E-state index is 0.216. The molecule has 3 aromatic carbocycles. The number of aryl methyl sites for hydroxylation is 1. The van der Waals surface area contributed by atoms with Crippen molar-refractivity contribution in [2.45, 2.75) is 6.92 Å². The fourth-order valence-corrected chi connectivity index (χ4v) is 3.75. The number of halogens is 2. The van der Waals surface area contributed by atoms with E-state index in [0.29, 0.717) is 10.6 Å². The fraction of sp³-hybridized carbons (Fsp3) is 0.0952. The lowest BCUT2D eigenvalue weighted by atomic mass is 10.0. The number of fused-ring (bicyclic) bond motifs is 1. The number of nitrogens with zero attached hydrogens (tertiary/aromatic N) is 2. The fourth-order valence-electron chi connectivity index (χ4n) is 3.10. The second kappa shape index (κ2) is 7.25. The molecular weight excluding hydrogens is 381 g/mol. The van der Waals surface area contributed by atoms with Gasteiger partial charge in [0.2, 0.25) is 0 Å². The molecule has 136 valence electrons. The lowest BCUT2D eigenvalue weighted by Gasteiger charge is -2.09. The van der Waals surface area contributed by atoms with E-state index in [1.807, 2.05) is 47.5 Å². The Morgan fingerprint density at radius 3 is 2.67 bits per heavy atom. The van der Waals surface area contributed by atoms with E-state index in [-0.39, 0.29) is 5.82 Å². The van der Waals surface area contributed by atoms with Gasteiger partial charge >= 0.3 is 0 Å². The largest absolute Gasteiger partial charge is 0.330 e. The molecule has 3 nitrogen and oxygen atoms in total. The Balaban J connectivity index is 1.75. The van der Waals surface area contributed by atoms with Crippen molar-refractivity contribution >= 4 is 40.1 Å². The Morgan fingerprint density at radius 1 is 1.07 bits per heavy atom. The number of anilines is 1. The monoisotopic (exact) mass is 397 g/mol. The quantitative estimate of drug-likeness (QED) is 0.399. The lowest BCUT2D eigenvalue weighted by molar-refractivity contribution is 0.617. The predicted octanol–water partition coefficient (Wildman–Crippen LogP) is 6.48. The summed E-state index contributed by atoms with van der Waals surface area (Å²) >= 11 is 8.00. The highest BCUT2D eigenvalue weighted by Gasteiger charge is 2.10. The molecule has 0 spiro atoms. The van der Waals surface area contributed by atoms with Gasteiger partial charge < -0.3 is 4.72 Å². The van der Waals surface area contributed by atoms with Gasteiger partial charge in [-0.05, 0) is 60.5 Å². The van der Waals surface area contributed by atoms with Crippen LogP contribution in [0.4, 0.5) is 10.1 Å². The molecule has 6 heteroatoms. The number of benzene rings is 3. The van der Waals surface area contributed by atoms with Crippen molar-refractivity contribution in [1.82, 2.24) is 9.78 Å². The first-order chi connectivity index (χ1) is 13.1. The molecule has 0 aliphatic heterocycles. The smallest absolute Gasteiger partial charge is 0.126 e. The van der Waals surface area contributed by atoms with Gasteiger partial charge in [0.1, 0.15) is 5.82 Å². The summed E-state index contributed by atoms with van der Waals surface area (Å²) < 4.78 is 18.6. The SMILES string of the molecule is CSNc1ccc(-c2ccc3c(cnn3-c3ccc(F)c(C)c3)c2)c(Cl)c1. The van der Waals surface area contributed by atoms with Crippen molar-refractivity contribution in [3.8, 4) is 16.8 Å². The maximum absolute atomic E-state index is 13.6. The van der Waals surface area contributed by atoms with Crippen LogP contribution in [0, 0.1) is 12.7 Å². The Bertz CT molecular complexity index is 1140. The molecule has 0 aliphatic rings. The number of nitrogens with one attached hydrogen (secondary N) is 1. The number of aromatic nitrogens is 2. The summed E-state index contributed by atoms with van der Waals surface area (Å²) in [4.78, 5) is 0. The number of hydrogen-bond donors (Lipinski definition) is 1. The molecule has 0 unspecified atom stereocenters. The van der Waals surface area contributed by atoms with Crippen LogP contribution in [0.25, 0.3) is 27.7 Å². The molecule has 0 atom stereocenters. The topological polar surface area (TPSA) is 29.9 Å². The average Bonchev–Trinajstić information content (AvgIpc) is 3.07. The minimum Gasteiger partial charge on any atom is -0.330 e. The highest BCUT2D eigenvalue weighted by atomic mass is 35.5. The summed E-state index contributed by atoms with van der Waals surface area (Å²) in [6, 6.07) is 17.0. The van der Waals surface area contributed by atoms with Crippen LogP contribution in [0.5, 0.6) is 0 Å². The van der Waals surface area contributed by atoms with E-state index in [1.165, 1.54) is 18.0 Å². The van der Waals surface area contributed by atoms with Crippen molar-refractivity contribution in [3.63, 3.8) is 0 Å². The van der Waals surface area contributed by atoms with E-state index >= 15 is 0 Å². The molecule has 1 N–H and O–H groups in total. The van der Waals surface area contributed by atoms with Gasteiger partial charge in [0.25, 0.3) is 0 Å². The van der Waals surface area contributed by atoms with Crippen LogP contribution in [0.3, 0.4) is 0 Å². The summed E-state index contributed by atoms with van der Waals surface area (Å²) in [6.45, 7) is 1.75. The molecule has 4 aromatic rings. The zero-order valence-corrected chi connectivity index (χ0v) is 16.4. The molecule has 0 fully saturated rings. The summed E-state index contributed by atoms with van der Waals surface area (Å²) in [6.07, 6.45) is 3.78. The van der Waals surface area contributed by atoms with E-state index in [0.717, 1.165) is 33.4 Å². The second-order valence-corrected chi connectivity index (χ2v) is 7.28. The van der Waals surface area contributed by atoms with Crippen molar-refractivity contribution in [1.29, 1.82) is 0 Å². The first kappa shape index (κ1) is 17.9. The van der Waals surface area contributed by atoms with Crippen LogP contribution in [-0.4, -0.2) is 16.0 Å². The van der Waals surface area contributed by atoms with E-state index in [2.05, 4.69) is 15.9 Å². The Labute approximate surface area is 166 Å². The van der Waals surface area contributed by atoms with Crippen molar-refractivity contribution in [3.05, 3.63) is 77.2 Å². The normalized spacial score (nSPS) is 11.1. The van der Waals surface area contributed by atoms with Gasteiger partial charge in [-0.25, -0.2) is 9.07 Å². The van der Waals surface area contributed by atoms with Gasteiger partial charge in [-0.3, -0.25) is 0 Å². The molecule has 0 aliphatic carbocycles. The molecular formula is C21H17ClFN3S. The average molecular weight is 398 g/mol. The summed E-state index contributed by atoms with van der Waals surface area (Å²) in [5, 5.41) is 6.17. The van der Waals surface area contributed by atoms with Crippen LogP contribution in [-0.2, 0) is 0 Å². The zero-order chi connectivity index (χ0) is 19.0. The Kier molecular flexibility index (Phi) is 4.81. The van der Waals surface area contributed by atoms with Crippen molar-refractivity contribution < 1.29 is 4.39 Å². The van der Waals surface area contributed by atoms with Crippen LogP contribution < -0.4 is 4.72 Å². The molecule has 0 saturated heterocycles. The molecule has 1 heterocycles. The van der Waals surface area contributed by atoms with Gasteiger partial charge in [-0.15, -0.1) is 0 Å². The number of hydrogen-bond acceptors (Lipinski definition) is 3. The van der Waals surface area contributed by atoms with E-state index < -0.39 is 0 Å². The maximum Gasteiger partial charge on any atom is 0.126 e. The van der Waals surface area contributed by atoms with Crippen molar-refractivity contribution in [2.75, 3.05) is 11.0 Å². The second-order valence-electron chi connectivity index (χ2n) is 6.26. The molecule has 4 rings (SSSR count). The minimum atomic E-state index is -0.216. The standard InChI is InChI=1S/C21H17ClFN3S/c1-13-9-17(5-7-20(13)23)26-21-8-3-14(10-15(21)12-24-26)18-6-4-16(25-27-2)11-19(18)22/h3-12,25H,1-2H3. The molecule has 0 saturated carbocycles. The van der Waals surface area contributed by atoms with E-state index in [1.54, 1.807) is 19.1 Å². The van der Waals surface area contributed by atoms with Crippen molar-refractivity contribution in [2.24, 2.45) is 0 Å². The van der Waals surface area contributed by atoms with Gasteiger partial charge in [-0.1, -0.05) is 35.7 Å².